The normalized spacial score (nSPS) is 25.5. The van der Waals surface area contributed by atoms with Crippen molar-refractivity contribution in [1.29, 1.82) is 0 Å². The van der Waals surface area contributed by atoms with Gasteiger partial charge in [-0.3, -0.25) is 9.79 Å². The number of aliphatic imine (C=N–C) groups is 1. The molecule has 2 rings (SSSR count). The predicted octanol–water partition coefficient (Wildman–Crippen LogP) is 1.59. The Morgan fingerprint density at radius 1 is 1.44 bits per heavy atom. The van der Waals surface area contributed by atoms with E-state index in [0.29, 0.717) is 16.1 Å². The first-order chi connectivity index (χ1) is 8.69. The predicted molar refractivity (Wildman–Crippen MR) is 70.1 cm³/mol. The Labute approximate surface area is 110 Å². The van der Waals surface area contributed by atoms with Gasteiger partial charge in [0.1, 0.15) is 0 Å². The Morgan fingerprint density at radius 3 is 2.83 bits per heavy atom. The highest BCUT2D eigenvalue weighted by atomic mass is 32.2. The molecule has 0 bridgehead atoms. The van der Waals surface area contributed by atoms with Gasteiger partial charge in [-0.1, -0.05) is 19.3 Å². The van der Waals surface area contributed by atoms with Gasteiger partial charge in [0.05, 0.1) is 18.1 Å². The third-order valence-electron chi connectivity index (χ3n) is 2.98. The van der Waals surface area contributed by atoms with Gasteiger partial charge in [-0.2, -0.15) is 0 Å². The van der Waals surface area contributed by atoms with Crippen LogP contribution in [0.3, 0.4) is 0 Å². The summed E-state index contributed by atoms with van der Waals surface area (Å²) in [6.45, 7) is 0. The summed E-state index contributed by atoms with van der Waals surface area (Å²) in [5.41, 5.74) is 0. The summed E-state index contributed by atoms with van der Waals surface area (Å²) < 4.78 is 4.50. The van der Waals surface area contributed by atoms with Crippen LogP contribution in [0.5, 0.6) is 0 Å². The molecular weight excluding hydrogens is 252 g/mol. The van der Waals surface area contributed by atoms with Crippen molar-refractivity contribution in [3.05, 3.63) is 11.0 Å². The molecule has 0 aromatic rings. The second-order valence-electron chi connectivity index (χ2n) is 4.31. The maximum Gasteiger partial charge on any atom is 0.331 e. The van der Waals surface area contributed by atoms with Crippen LogP contribution in [0.2, 0.25) is 0 Å². The van der Waals surface area contributed by atoms with E-state index in [2.05, 4.69) is 15.0 Å². The Bertz CT molecular complexity index is 412. The van der Waals surface area contributed by atoms with Gasteiger partial charge in [-0.05, 0) is 24.6 Å². The van der Waals surface area contributed by atoms with Gasteiger partial charge in [0.15, 0.2) is 5.17 Å². The second-order valence-corrected chi connectivity index (χ2v) is 5.34. The van der Waals surface area contributed by atoms with E-state index >= 15 is 0 Å². The molecule has 5 nitrogen and oxygen atoms in total. The first-order valence-electron chi connectivity index (χ1n) is 6.05. The Hall–Kier alpha value is -1.30. The number of nitrogens with zero attached hydrogens (tertiary/aromatic N) is 1. The molecule has 1 amide bonds. The largest absolute Gasteiger partial charge is 0.466 e. The number of hydrogen-bond acceptors (Lipinski definition) is 5. The highest BCUT2D eigenvalue weighted by Gasteiger charge is 2.26. The van der Waals surface area contributed by atoms with Gasteiger partial charge in [0.25, 0.3) is 5.91 Å². The lowest BCUT2D eigenvalue weighted by molar-refractivity contribution is -0.135. The average Bonchev–Trinajstić information content (AvgIpc) is 2.70. The molecule has 1 saturated heterocycles. The lowest BCUT2D eigenvalue weighted by Crippen LogP contribution is -2.22. The number of carbonyl (C=O) groups is 2. The van der Waals surface area contributed by atoms with Crippen molar-refractivity contribution >= 4 is 28.8 Å². The van der Waals surface area contributed by atoms with E-state index in [4.69, 9.17) is 0 Å². The van der Waals surface area contributed by atoms with Crippen molar-refractivity contribution in [2.75, 3.05) is 7.11 Å². The third kappa shape index (κ3) is 3.35. The van der Waals surface area contributed by atoms with Crippen LogP contribution >= 0.6 is 11.8 Å². The molecule has 2 aliphatic rings. The molecule has 1 N–H and O–H groups in total. The summed E-state index contributed by atoms with van der Waals surface area (Å²) in [4.78, 5) is 27.5. The summed E-state index contributed by atoms with van der Waals surface area (Å²) in [7, 11) is 1.29. The van der Waals surface area contributed by atoms with Crippen LogP contribution in [-0.2, 0) is 14.3 Å². The van der Waals surface area contributed by atoms with Crippen LogP contribution in [0, 0.1) is 0 Å². The number of hydrogen-bond donors (Lipinski definition) is 1. The standard InChI is InChI=1S/C12H16N2O3S/c1-17-10(15)7-9-11(16)14-12(18-9)13-8-5-3-2-4-6-8/h7-8H,2-6H2,1H3,(H,13,14,16)/b9-7+. The minimum absolute atomic E-state index is 0.278. The molecule has 0 aromatic heterocycles. The topological polar surface area (TPSA) is 67.8 Å². The fourth-order valence-corrected chi connectivity index (χ4v) is 2.88. The fraction of sp³-hybridized carbons (Fsp3) is 0.583. The van der Waals surface area contributed by atoms with Crippen molar-refractivity contribution in [3.8, 4) is 0 Å². The van der Waals surface area contributed by atoms with Crippen molar-refractivity contribution in [1.82, 2.24) is 5.32 Å². The van der Waals surface area contributed by atoms with Crippen LogP contribution in [0.4, 0.5) is 0 Å². The number of amidine groups is 1. The minimum Gasteiger partial charge on any atom is -0.466 e. The third-order valence-corrected chi connectivity index (χ3v) is 3.90. The highest BCUT2D eigenvalue weighted by Crippen LogP contribution is 2.27. The molecule has 0 radical (unpaired) electrons. The molecule has 2 fully saturated rings. The number of methoxy groups -OCH3 is 1. The van der Waals surface area contributed by atoms with Crippen LogP contribution < -0.4 is 5.32 Å². The number of rotatable bonds is 2. The van der Waals surface area contributed by atoms with Crippen LogP contribution in [0.25, 0.3) is 0 Å². The minimum atomic E-state index is -0.522. The number of amides is 1. The van der Waals surface area contributed by atoms with E-state index in [1.807, 2.05) is 0 Å². The van der Waals surface area contributed by atoms with Crippen LogP contribution in [-0.4, -0.2) is 30.2 Å². The average molecular weight is 268 g/mol. The summed E-state index contributed by atoms with van der Waals surface area (Å²) in [5, 5.41) is 3.28. The Morgan fingerprint density at radius 2 is 2.17 bits per heavy atom. The van der Waals surface area contributed by atoms with Crippen LogP contribution in [0.1, 0.15) is 32.1 Å². The lowest BCUT2D eigenvalue weighted by atomic mass is 9.96. The van der Waals surface area contributed by atoms with E-state index in [-0.39, 0.29) is 5.91 Å². The molecule has 0 unspecified atom stereocenters. The molecule has 98 valence electrons. The first-order valence-corrected chi connectivity index (χ1v) is 6.87. The van der Waals surface area contributed by atoms with E-state index in [1.54, 1.807) is 0 Å². The fourth-order valence-electron chi connectivity index (χ4n) is 2.03. The van der Waals surface area contributed by atoms with Gasteiger partial charge in [0, 0.05) is 6.08 Å². The maximum absolute atomic E-state index is 11.6. The Balaban J connectivity index is 2.01. The van der Waals surface area contributed by atoms with Gasteiger partial charge in [0.2, 0.25) is 0 Å². The van der Waals surface area contributed by atoms with Gasteiger partial charge < -0.3 is 10.1 Å². The number of esters is 1. The van der Waals surface area contributed by atoms with Crippen molar-refractivity contribution < 1.29 is 14.3 Å². The number of nitrogens with one attached hydrogen (secondary N) is 1. The zero-order chi connectivity index (χ0) is 13.0. The lowest BCUT2D eigenvalue weighted by Gasteiger charge is -2.17. The molecule has 0 aromatic carbocycles. The SMILES string of the molecule is COC(=O)/C=C1/SC(=NC2CCCCC2)NC1=O. The molecular formula is C12H16N2O3S. The first kappa shape index (κ1) is 13.1. The molecule has 1 aliphatic carbocycles. The quantitative estimate of drug-likeness (QED) is 0.610. The molecule has 1 saturated carbocycles. The summed E-state index contributed by atoms with van der Waals surface area (Å²) in [6.07, 6.45) is 7.03. The van der Waals surface area contributed by atoms with E-state index in [0.717, 1.165) is 12.8 Å². The molecule has 1 aliphatic heterocycles. The van der Waals surface area contributed by atoms with E-state index in [1.165, 1.54) is 44.2 Å². The number of ether oxygens (including phenoxy) is 1. The zero-order valence-electron chi connectivity index (χ0n) is 10.3. The van der Waals surface area contributed by atoms with E-state index in [9.17, 15) is 9.59 Å². The van der Waals surface area contributed by atoms with Gasteiger partial charge >= 0.3 is 5.97 Å². The highest BCUT2D eigenvalue weighted by molar-refractivity contribution is 8.18. The van der Waals surface area contributed by atoms with Gasteiger partial charge in [-0.25, -0.2) is 4.79 Å². The maximum atomic E-state index is 11.6. The summed E-state index contributed by atoms with van der Waals surface area (Å²) in [6, 6.07) is 0.305. The monoisotopic (exact) mass is 268 g/mol. The molecule has 6 heteroatoms. The molecule has 1 heterocycles. The van der Waals surface area contributed by atoms with Crippen molar-refractivity contribution in [3.63, 3.8) is 0 Å². The zero-order valence-corrected chi connectivity index (χ0v) is 11.1. The second kappa shape index (κ2) is 6.04. The van der Waals surface area contributed by atoms with Gasteiger partial charge in [-0.15, -0.1) is 0 Å². The molecule has 18 heavy (non-hydrogen) atoms. The van der Waals surface area contributed by atoms with Crippen molar-refractivity contribution in [2.24, 2.45) is 4.99 Å². The van der Waals surface area contributed by atoms with Crippen molar-refractivity contribution in [2.45, 2.75) is 38.1 Å². The number of thioether (sulfide) groups is 1. The molecule has 0 atom stereocenters. The van der Waals surface area contributed by atoms with E-state index < -0.39 is 5.97 Å². The molecule has 0 spiro atoms. The number of carbonyl (C=O) groups excluding carboxylic acids is 2. The summed E-state index contributed by atoms with van der Waals surface area (Å²) in [5.74, 6) is -0.800. The Kier molecular flexibility index (Phi) is 4.41. The summed E-state index contributed by atoms with van der Waals surface area (Å²) >= 11 is 1.21. The van der Waals surface area contributed by atoms with Crippen LogP contribution in [0.15, 0.2) is 16.0 Å². The smallest absolute Gasteiger partial charge is 0.331 e.